The van der Waals surface area contributed by atoms with E-state index in [0.29, 0.717) is 22.6 Å². The lowest BCUT2D eigenvalue weighted by molar-refractivity contribution is 0.0601. The molecule has 0 bridgehead atoms. The number of aryl methyl sites for hydroxylation is 3. The summed E-state index contributed by atoms with van der Waals surface area (Å²) in [6.45, 7) is 5.77. The highest BCUT2D eigenvalue weighted by Crippen LogP contribution is 2.20. The van der Waals surface area contributed by atoms with Crippen LogP contribution in [0.15, 0.2) is 48.5 Å². The van der Waals surface area contributed by atoms with E-state index in [2.05, 4.69) is 20.6 Å². The predicted molar refractivity (Wildman–Crippen MR) is 112 cm³/mol. The summed E-state index contributed by atoms with van der Waals surface area (Å²) >= 11 is 0. The van der Waals surface area contributed by atoms with Gasteiger partial charge in [-0.3, -0.25) is 4.79 Å². The molecule has 3 rings (SSSR count). The topological polar surface area (TPSA) is 93.2 Å². The van der Waals surface area contributed by atoms with Crippen molar-refractivity contribution in [2.75, 3.05) is 17.7 Å². The van der Waals surface area contributed by atoms with Crippen LogP contribution in [0.2, 0.25) is 0 Å². The number of carbonyl (C=O) groups is 2. The van der Waals surface area contributed by atoms with Crippen molar-refractivity contribution in [2.45, 2.75) is 20.8 Å². The van der Waals surface area contributed by atoms with Gasteiger partial charge < -0.3 is 15.4 Å². The Balaban J connectivity index is 1.86. The molecule has 0 aliphatic carbocycles. The lowest BCUT2D eigenvalue weighted by atomic mass is 10.1. The Morgan fingerprint density at radius 3 is 2.41 bits per heavy atom. The summed E-state index contributed by atoms with van der Waals surface area (Å²) in [6.07, 6.45) is 0. The number of carbonyl (C=O) groups excluding carboxylic acids is 2. The Bertz CT molecular complexity index is 1080. The molecular formula is C22H22N4O3. The fraction of sp³-hybridized carbons (Fsp3) is 0.182. The lowest BCUT2D eigenvalue weighted by Crippen LogP contribution is -2.16. The molecule has 0 unspecified atom stereocenters. The Labute approximate surface area is 169 Å². The third-order valence-electron chi connectivity index (χ3n) is 4.43. The quantitative estimate of drug-likeness (QED) is 0.635. The molecule has 0 aliphatic heterocycles. The van der Waals surface area contributed by atoms with E-state index in [9.17, 15) is 9.59 Å². The maximum Gasteiger partial charge on any atom is 0.339 e. The minimum absolute atomic E-state index is 0.214. The van der Waals surface area contributed by atoms with Gasteiger partial charge in [-0.2, -0.15) is 0 Å². The molecule has 0 fully saturated rings. The molecule has 0 saturated heterocycles. The van der Waals surface area contributed by atoms with Crippen molar-refractivity contribution >= 4 is 29.2 Å². The van der Waals surface area contributed by atoms with Gasteiger partial charge in [0.2, 0.25) is 5.95 Å². The molecule has 0 saturated carbocycles. The summed E-state index contributed by atoms with van der Waals surface area (Å²) in [5.41, 5.74) is 4.60. The molecule has 1 heterocycles. The molecule has 7 heteroatoms. The average Bonchev–Trinajstić information content (AvgIpc) is 2.70. The third kappa shape index (κ3) is 4.76. The van der Waals surface area contributed by atoms with Crippen LogP contribution in [0.25, 0.3) is 0 Å². The van der Waals surface area contributed by atoms with Crippen molar-refractivity contribution in [1.82, 2.24) is 9.97 Å². The normalized spacial score (nSPS) is 10.3. The van der Waals surface area contributed by atoms with Gasteiger partial charge in [-0.25, -0.2) is 14.8 Å². The van der Waals surface area contributed by atoms with Crippen molar-refractivity contribution in [3.8, 4) is 0 Å². The number of nitrogens with zero attached hydrogens (tertiary/aromatic N) is 2. The second kappa shape index (κ2) is 8.52. The summed E-state index contributed by atoms with van der Waals surface area (Å²) < 4.78 is 4.80. The first-order valence-electron chi connectivity index (χ1n) is 9.06. The van der Waals surface area contributed by atoms with Crippen molar-refractivity contribution < 1.29 is 14.3 Å². The summed E-state index contributed by atoms with van der Waals surface area (Å²) in [5.74, 6) is -0.608. The van der Waals surface area contributed by atoms with Gasteiger partial charge in [-0.15, -0.1) is 0 Å². The highest BCUT2D eigenvalue weighted by molar-refractivity contribution is 6.03. The Kier molecular flexibility index (Phi) is 5.87. The zero-order chi connectivity index (χ0) is 21.0. The van der Waals surface area contributed by atoms with Gasteiger partial charge in [-0.1, -0.05) is 18.2 Å². The van der Waals surface area contributed by atoms with Gasteiger partial charge in [0.05, 0.1) is 18.4 Å². The number of ether oxygens (including phenoxy) is 1. The van der Waals surface area contributed by atoms with Crippen LogP contribution in [0.1, 0.15) is 37.7 Å². The summed E-state index contributed by atoms with van der Waals surface area (Å²) in [6, 6.07) is 14.2. The van der Waals surface area contributed by atoms with Gasteiger partial charge in [0.1, 0.15) is 5.69 Å². The second-order valence-corrected chi connectivity index (χ2v) is 6.63. The number of nitrogens with one attached hydrogen (secondary N) is 2. The fourth-order valence-corrected chi connectivity index (χ4v) is 2.76. The highest BCUT2D eigenvalue weighted by Gasteiger charge is 2.15. The molecule has 29 heavy (non-hydrogen) atoms. The maximum atomic E-state index is 12.7. The number of hydrogen-bond donors (Lipinski definition) is 2. The van der Waals surface area contributed by atoms with E-state index in [1.165, 1.54) is 7.11 Å². The van der Waals surface area contributed by atoms with E-state index in [0.717, 1.165) is 11.1 Å². The first-order chi connectivity index (χ1) is 13.9. The predicted octanol–water partition coefficient (Wildman–Crippen LogP) is 4.18. The molecule has 0 radical (unpaired) electrons. The van der Waals surface area contributed by atoms with Crippen LogP contribution in [-0.2, 0) is 4.74 Å². The number of para-hydroxylation sites is 1. The number of aromatic nitrogens is 2. The van der Waals surface area contributed by atoms with Crippen molar-refractivity contribution in [1.29, 1.82) is 0 Å². The van der Waals surface area contributed by atoms with E-state index in [4.69, 9.17) is 4.74 Å². The van der Waals surface area contributed by atoms with Crippen LogP contribution in [0.4, 0.5) is 17.3 Å². The third-order valence-corrected chi connectivity index (χ3v) is 4.43. The van der Waals surface area contributed by atoms with Gasteiger partial charge in [0, 0.05) is 11.4 Å². The molecule has 7 nitrogen and oxygen atoms in total. The molecule has 0 spiro atoms. The van der Waals surface area contributed by atoms with Gasteiger partial charge >= 0.3 is 5.97 Å². The fourth-order valence-electron chi connectivity index (χ4n) is 2.76. The number of rotatable bonds is 5. The number of anilines is 3. The largest absolute Gasteiger partial charge is 0.465 e. The van der Waals surface area contributed by atoms with Crippen molar-refractivity contribution in [3.63, 3.8) is 0 Å². The number of methoxy groups -OCH3 is 1. The smallest absolute Gasteiger partial charge is 0.339 e. The highest BCUT2D eigenvalue weighted by atomic mass is 16.5. The molecule has 3 aromatic rings. The maximum absolute atomic E-state index is 12.7. The number of amides is 1. The zero-order valence-corrected chi connectivity index (χ0v) is 16.7. The molecule has 1 aromatic heterocycles. The summed E-state index contributed by atoms with van der Waals surface area (Å²) in [5, 5.41) is 5.85. The lowest BCUT2D eigenvalue weighted by Gasteiger charge is -2.12. The molecule has 148 valence electrons. The van der Waals surface area contributed by atoms with Gasteiger partial charge in [-0.05, 0) is 62.2 Å². The summed E-state index contributed by atoms with van der Waals surface area (Å²) in [4.78, 5) is 33.3. The first-order valence-corrected chi connectivity index (χ1v) is 9.06. The standard InChI is InChI=1S/C22H22N4O3/c1-13-9-10-16(11-14(13)2)24-20(27)19-12-15(3)23-22(26-19)25-18-8-6-5-7-17(18)21(28)29-4/h5-12H,1-4H3,(H,24,27)(H,23,25,26). The van der Waals surface area contributed by atoms with E-state index >= 15 is 0 Å². The van der Waals surface area contributed by atoms with Crippen molar-refractivity contribution in [3.05, 3.63) is 76.6 Å². The SMILES string of the molecule is COC(=O)c1ccccc1Nc1nc(C)cc(C(=O)Nc2ccc(C)c(C)c2)n1. The number of esters is 1. The molecular weight excluding hydrogens is 368 g/mol. The van der Waals surface area contributed by atoms with Crippen LogP contribution in [0.5, 0.6) is 0 Å². The van der Waals surface area contributed by atoms with Crippen LogP contribution in [-0.4, -0.2) is 29.0 Å². The molecule has 1 amide bonds. The van der Waals surface area contributed by atoms with Gasteiger partial charge in [0.15, 0.2) is 0 Å². The number of hydrogen-bond acceptors (Lipinski definition) is 6. The Morgan fingerprint density at radius 1 is 0.931 bits per heavy atom. The average molecular weight is 390 g/mol. The minimum Gasteiger partial charge on any atom is -0.465 e. The minimum atomic E-state index is -0.478. The van der Waals surface area contributed by atoms with Crippen molar-refractivity contribution in [2.24, 2.45) is 0 Å². The van der Waals surface area contributed by atoms with E-state index in [1.54, 1.807) is 37.3 Å². The van der Waals surface area contributed by atoms with E-state index in [-0.39, 0.29) is 17.5 Å². The van der Waals surface area contributed by atoms with Crippen LogP contribution >= 0.6 is 0 Å². The van der Waals surface area contributed by atoms with Crippen LogP contribution in [0, 0.1) is 20.8 Å². The van der Waals surface area contributed by atoms with Crippen LogP contribution in [0.3, 0.4) is 0 Å². The second-order valence-electron chi connectivity index (χ2n) is 6.63. The van der Waals surface area contributed by atoms with E-state index in [1.807, 2.05) is 32.0 Å². The molecule has 2 N–H and O–H groups in total. The van der Waals surface area contributed by atoms with Crippen LogP contribution < -0.4 is 10.6 Å². The molecule has 0 aliphatic rings. The Morgan fingerprint density at radius 2 is 1.69 bits per heavy atom. The molecule has 2 aromatic carbocycles. The monoisotopic (exact) mass is 390 g/mol. The first kappa shape index (κ1) is 20.0. The summed E-state index contributed by atoms with van der Waals surface area (Å²) in [7, 11) is 1.32. The Hall–Kier alpha value is -3.74. The zero-order valence-electron chi connectivity index (χ0n) is 16.7. The molecule has 0 atom stereocenters. The van der Waals surface area contributed by atoms with Gasteiger partial charge in [0.25, 0.3) is 5.91 Å². The van der Waals surface area contributed by atoms with E-state index < -0.39 is 5.97 Å². The number of benzene rings is 2.